The van der Waals surface area contributed by atoms with Gasteiger partial charge in [0.25, 0.3) is 0 Å². The van der Waals surface area contributed by atoms with Crippen LogP contribution in [-0.4, -0.2) is 37.9 Å². The van der Waals surface area contributed by atoms with E-state index < -0.39 is 17.4 Å². The third kappa shape index (κ3) is 4.84. The minimum atomic E-state index is -1.29. The van der Waals surface area contributed by atoms with E-state index in [1.54, 1.807) is 13.8 Å². The maximum atomic E-state index is 12.4. The molecule has 0 radical (unpaired) electrons. The van der Waals surface area contributed by atoms with Gasteiger partial charge in [0.05, 0.1) is 25.9 Å². The van der Waals surface area contributed by atoms with Gasteiger partial charge in [0.15, 0.2) is 5.41 Å². The normalized spacial score (nSPS) is 18.3. The summed E-state index contributed by atoms with van der Waals surface area (Å²) < 4.78 is 15.5. The number of ether oxygens (including phenoxy) is 3. The van der Waals surface area contributed by atoms with Crippen LogP contribution in [0, 0.1) is 5.41 Å². The Morgan fingerprint density at radius 1 is 1.19 bits per heavy atom. The molecule has 0 aromatic heterocycles. The molecular weight excluding hydrogens is 272 g/mol. The molecule has 1 rings (SSSR count). The molecule has 1 unspecified atom stereocenters. The van der Waals surface area contributed by atoms with Gasteiger partial charge in [-0.15, -0.1) is 0 Å². The van der Waals surface area contributed by atoms with Gasteiger partial charge in [0.2, 0.25) is 0 Å². The quantitative estimate of drug-likeness (QED) is 0.283. The number of rotatable bonds is 9. The van der Waals surface area contributed by atoms with E-state index in [0.717, 1.165) is 12.0 Å². The predicted octanol–water partition coefficient (Wildman–Crippen LogP) is 2.63. The van der Waals surface area contributed by atoms with E-state index in [2.05, 4.69) is 0 Å². The van der Waals surface area contributed by atoms with Crippen molar-refractivity contribution in [2.24, 2.45) is 5.41 Å². The summed E-state index contributed by atoms with van der Waals surface area (Å²) in [5.74, 6) is -1.03. The molecule has 0 aromatic rings. The van der Waals surface area contributed by atoms with Crippen LogP contribution in [0.15, 0.2) is 11.6 Å². The lowest BCUT2D eigenvalue weighted by Gasteiger charge is -2.27. The first-order valence-electron chi connectivity index (χ1n) is 7.61. The Kier molecular flexibility index (Phi) is 6.89. The minimum Gasteiger partial charge on any atom is -0.465 e. The van der Waals surface area contributed by atoms with Gasteiger partial charge in [-0.05, 0) is 33.6 Å². The lowest BCUT2D eigenvalue weighted by atomic mass is 9.79. The van der Waals surface area contributed by atoms with Crippen LogP contribution in [0.25, 0.3) is 0 Å². The van der Waals surface area contributed by atoms with Crippen molar-refractivity contribution < 1.29 is 23.8 Å². The number of hydrogen-bond donors (Lipinski definition) is 0. The van der Waals surface area contributed by atoms with Crippen molar-refractivity contribution in [2.45, 2.75) is 53.1 Å². The summed E-state index contributed by atoms with van der Waals surface area (Å²) in [4.78, 5) is 24.9. The first-order chi connectivity index (χ1) is 10.00. The van der Waals surface area contributed by atoms with Gasteiger partial charge in [-0.3, -0.25) is 9.59 Å². The minimum absolute atomic E-state index is 0.0610. The van der Waals surface area contributed by atoms with Gasteiger partial charge >= 0.3 is 11.9 Å². The Labute approximate surface area is 126 Å². The lowest BCUT2D eigenvalue weighted by Crippen LogP contribution is -2.43. The fraction of sp³-hybridized carbons (Fsp3) is 0.750. The molecule has 1 atom stereocenters. The summed E-state index contributed by atoms with van der Waals surface area (Å²) in [6.07, 6.45) is 3.36. The Morgan fingerprint density at radius 3 is 2.10 bits per heavy atom. The summed E-state index contributed by atoms with van der Waals surface area (Å²) >= 11 is 0. The molecule has 0 amide bonds. The molecule has 5 nitrogen and oxygen atoms in total. The topological polar surface area (TPSA) is 65.1 Å². The molecular formula is C16H26O5. The molecule has 120 valence electrons. The van der Waals surface area contributed by atoms with Crippen molar-refractivity contribution in [2.75, 3.05) is 19.8 Å². The van der Waals surface area contributed by atoms with E-state index in [9.17, 15) is 9.59 Å². The lowest BCUT2D eigenvalue weighted by molar-refractivity contribution is -0.173. The van der Waals surface area contributed by atoms with Crippen molar-refractivity contribution in [3.63, 3.8) is 0 Å². The van der Waals surface area contributed by atoms with Crippen molar-refractivity contribution in [1.29, 1.82) is 0 Å². The molecule has 0 N–H and O–H groups in total. The second-order valence-electron chi connectivity index (χ2n) is 5.29. The highest BCUT2D eigenvalue weighted by Crippen LogP contribution is 2.37. The van der Waals surface area contributed by atoms with Gasteiger partial charge in [0, 0.05) is 6.42 Å². The molecule has 1 aliphatic rings. The Hall–Kier alpha value is -1.36. The number of hydrogen-bond acceptors (Lipinski definition) is 5. The van der Waals surface area contributed by atoms with Crippen LogP contribution in [0.4, 0.5) is 0 Å². The third-order valence-electron chi connectivity index (χ3n) is 3.67. The Balaban J connectivity index is 3.05. The van der Waals surface area contributed by atoms with Crippen LogP contribution in [-0.2, 0) is 23.8 Å². The first kappa shape index (κ1) is 17.7. The summed E-state index contributed by atoms with van der Waals surface area (Å²) in [5.41, 5.74) is -0.159. The summed E-state index contributed by atoms with van der Waals surface area (Å²) in [7, 11) is 0. The van der Waals surface area contributed by atoms with Crippen LogP contribution in [0.5, 0.6) is 0 Å². The first-order valence-corrected chi connectivity index (χ1v) is 7.61. The average molecular weight is 298 g/mol. The van der Waals surface area contributed by atoms with Crippen LogP contribution >= 0.6 is 0 Å². The zero-order valence-electron chi connectivity index (χ0n) is 13.4. The zero-order valence-corrected chi connectivity index (χ0v) is 13.4. The molecule has 1 saturated heterocycles. The van der Waals surface area contributed by atoms with Crippen LogP contribution in [0.2, 0.25) is 0 Å². The SMILES string of the molecule is CCOC(=O)C(C/C=C(\C)CC)(CC1CO1)C(=O)OCC. The van der Waals surface area contributed by atoms with E-state index in [0.29, 0.717) is 19.4 Å². The molecule has 5 heteroatoms. The van der Waals surface area contributed by atoms with Gasteiger partial charge in [-0.25, -0.2) is 0 Å². The van der Waals surface area contributed by atoms with Crippen LogP contribution in [0.1, 0.15) is 47.0 Å². The molecule has 0 aliphatic carbocycles. The maximum Gasteiger partial charge on any atom is 0.323 e. The zero-order chi connectivity index (χ0) is 15.9. The molecule has 1 fully saturated rings. The number of carbonyl (C=O) groups is 2. The Bertz CT molecular complexity index is 377. The number of esters is 2. The van der Waals surface area contributed by atoms with Crippen molar-refractivity contribution in [3.8, 4) is 0 Å². The number of allylic oxidation sites excluding steroid dienone is 2. The molecule has 0 spiro atoms. The average Bonchev–Trinajstić information content (AvgIpc) is 3.27. The van der Waals surface area contributed by atoms with Gasteiger partial charge in [-0.2, -0.15) is 0 Å². The fourth-order valence-corrected chi connectivity index (χ4v) is 2.11. The highest BCUT2D eigenvalue weighted by Gasteiger charge is 2.51. The Morgan fingerprint density at radius 2 is 1.71 bits per heavy atom. The largest absolute Gasteiger partial charge is 0.465 e. The molecule has 0 saturated carbocycles. The van der Waals surface area contributed by atoms with E-state index in [1.807, 2.05) is 19.9 Å². The molecule has 1 heterocycles. The molecule has 21 heavy (non-hydrogen) atoms. The second kappa shape index (κ2) is 8.17. The highest BCUT2D eigenvalue weighted by atomic mass is 16.6. The van der Waals surface area contributed by atoms with Crippen molar-refractivity contribution in [1.82, 2.24) is 0 Å². The van der Waals surface area contributed by atoms with Gasteiger partial charge < -0.3 is 14.2 Å². The smallest absolute Gasteiger partial charge is 0.323 e. The number of epoxide rings is 1. The van der Waals surface area contributed by atoms with Crippen LogP contribution < -0.4 is 0 Å². The highest BCUT2D eigenvalue weighted by molar-refractivity contribution is 6.00. The van der Waals surface area contributed by atoms with E-state index >= 15 is 0 Å². The molecule has 0 bridgehead atoms. The summed E-state index contributed by atoms with van der Waals surface area (Å²) in [5, 5.41) is 0. The predicted molar refractivity (Wildman–Crippen MR) is 78.7 cm³/mol. The molecule has 0 aromatic carbocycles. The van der Waals surface area contributed by atoms with Crippen molar-refractivity contribution >= 4 is 11.9 Å². The third-order valence-corrected chi connectivity index (χ3v) is 3.67. The monoisotopic (exact) mass is 298 g/mol. The maximum absolute atomic E-state index is 12.4. The standard InChI is InChI=1S/C16H26O5/c1-5-12(4)8-9-16(10-13-11-21-13,14(17)19-6-2)15(18)20-7-3/h8,13H,5-7,9-11H2,1-4H3/b12-8+. The van der Waals surface area contributed by atoms with Crippen molar-refractivity contribution in [3.05, 3.63) is 11.6 Å². The summed E-state index contributed by atoms with van der Waals surface area (Å²) in [6, 6.07) is 0. The van der Waals surface area contributed by atoms with Gasteiger partial charge in [0.1, 0.15) is 0 Å². The number of carbonyl (C=O) groups excluding carboxylic acids is 2. The molecule has 1 aliphatic heterocycles. The van der Waals surface area contributed by atoms with E-state index in [-0.39, 0.29) is 19.3 Å². The second-order valence-corrected chi connectivity index (χ2v) is 5.29. The van der Waals surface area contributed by atoms with Gasteiger partial charge in [-0.1, -0.05) is 18.6 Å². The van der Waals surface area contributed by atoms with E-state index in [1.165, 1.54) is 0 Å². The fourth-order valence-electron chi connectivity index (χ4n) is 2.11. The van der Waals surface area contributed by atoms with E-state index in [4.69, 9.17) is 14.2 Å². The summed E-state index contributed by atoms with van der Waals surface area (Å²) in [6.45, 7) is 8.53. The van der Waals surface area contributed by atoms with Crippen LogP contribution in [0.3, 0.4) is 0 Å².